The van der Waals surface area contributed by atoms with Crippen molar-refractivity contribution in [3.63, 3.8) is 0 Å². The molecule has 1 aliphatic rings. The predicted molar refractivity (Wildman–Crippen MR) is 65.0 cm³/mol. The highest BCUT2D eigenvalue weighted by molar-refractivity contribution is 5.38. The van der Waals surface area contributed by atoms with E-state index < -0.39 is 0 Å². The Hall–Kier alpha value is -1.02. The Labute approximate surface area is 97.6 Å². The zero-order chi connectivity index (χ0) is 11.6. The van der Waals surface area contributed by atoms with Crippen LogP contribution in [-0.2, 0) is 10.2 Å². The van der Waals surface area contributed by atoms with E-state index in [1.807, 2.05) is 6.07 Å². The normalized spacial score (nSPS) is 19.6. The molecule has 1 aliphatic heterocycles. The van der Waals surface area contributed by atoms with E-state index in [0.29, 0.717) is 12.7 Å². The van der Waals surface area contributed by atoms with E-state index in [0.717, 1.165) is 18.8 Å². The maximum atomic E-state index is 5.82. The van der Waals surface area contributed by atoms with Gasteiger partial charge in [0.05, 0.1) is 6.61 Å². The second-order valence-electron chi connectivity index (χ2n) is 5.00. The van der Waals surface area contributed by atoms with Crippen molar-refractivity contribution >= 4 is 0 Å². The third-order valence-corrected chi connectivity index (χ3v) is 3.33. The summed E-state index contributed by atoms with van der Waals surface area (Å²) in [6.07, 6.45) is 1.42. The largest absolute Gasteiger partial charge is 0.490 e. The molecular weight excluding hydrogens is 200 g/mol. The standard InChI is InChI=1S/C14H20O2/c1-4-14(2,3)12-7-5-6-8-13(12)16-10-11-9-15-11/h5-8,11H,4,9-10H2,1-3H3. The van der Waals surface area contributed by atoms with E-state index in [9.17, 15) is 0 Å². The third kappa shape index (κ3) is 2.56. The fraction of sp³-hybridized carbons (Fsp3) is 0.571. The zero-order valence-corrected chi connectivity index (χ0v) is 10.3. The van der Waals surface area contributed by atoms with Gasteiger partial charge in [0.25, 0.3) is 0 Å². The molecule has 0 N–H and O–H groups in total. The minimum absolute atomic E-state index is 0.168. The molecule has 1 unspecified atom stereocenters. The van der Waals surface area contributed by atoms with Gasteiger partial charge in [-0.15, -0.1) is 0 Å². The first-order valence-electron chi connectivity index (χ1n) is 5.97. The van der Waals surface area contributed by atoms with E-state index in [2.05, 4.69) is 39.0 Å². The first kappa shape index (κ1) is 11.5. The van der Waals surface area contributed by atoms with Gasteiger partial charge in [0.1, 0.15) is 18.5 Å². The van der Waals surface area contributed by atoms with E-state index in [-0.39, 0.29) is 5.41 Å². The summed E-state index contributed by atoms with van der Waals surface area (Å²) in [5.41, 5.74) is 1.46. The molecule has 1 aromatic carbocycles. The summed E-state index contributed by atoms with van der Waals surface area (Å²) in [6.45, 7) is 8.24. The van der Waals surface area contributed by atoms with Crippen LogP contribution in [0.4, 0.5) is 0 Å². The van der Waals surface area contributed by atoms with Crippen molar-refractivity contribution in [2.75, 3.05) is 13.2 Å². The first-order chi connectivity index (χ1) is 7.63. The van der Waals surface area contributed by atoms with Crippen LogP contribution in [0.15, 0.2) is 24.3 Å². The maximum absolute atomic E-state index is 5.82. The topological polar surface area (TPSA) is 21.8 Å². The fourth-order valence-corrected chi connectivity index (χ4v) is 1.69. The number of ether oxygens (including phenoxy) is 2. The number of hydrogen-bond donors (Lipinski definition) is 0. The van der Waals surface area contributed by atoms with Crippen molar-refractivity contribution in [3.8, 4) is 5.75 Å². The fourth-order valence-electron chi connectivity index (χ4n) is 1.69. The van der Waals surface area contributed by atoms with Gasteiger partial charge in [-0.2, -0.15) is 0 Å². The van der Waals surface area contributed by atoms with Crippen LogP contribution in [0.2, 0.25) is 0 Å². The number of benzene rings is 1. The second kappa shape index (κ2) is 4.46. The lowest BCUT2D eigenvalue weighted by atomic mass is 9.82. The molecule has 2 heteroatoms. The van der Waals surface area contributed by atoms with Gasteiger partial charge in [-0.25, -0.2) is 0 Å². The molecule has 0 radical (unpaired) electrons. The molecular formula is C14H20O2. The summed E-state index contributed by atoms with van der Waals surface area (Å²) in [5, 5.41) is 0. The van der Waals surface area contributed by atoms with E-state index in [1.165, 1.54) is 5.56 Å². The Morgan fingerprint density at radius 1 is 1.38 bits per heavy atom. The molecule has 88 valence electrons. The first-order valence-corrected chi connectivity index (χ1v) is 5.97. The van der Waals surface area contributed by atoms with Crippen LogP contribution in [0.25, 0.3) is 0 Å². The molecule has 0 spiro atoms. The molecule has 16 heavy (non-hydrogen) atoms. The Morgan fingerprint density at radius 2 is 2.06 bits per heavy atom. The predicted octanol–water partition coefficient (Wildman–Crippen LogP) is 3.15. The maximum Gasteiger partial charge on any atom is 0.123 e. The van der Waals surface area contributed by atoms with Gasteiger partial charge in [0.2, 0.25) is 0 Å². The average Bonchev–Trinajstić information content (AvgIpc) is 3.10. The zero-order valence-electron chi connectivity index (χ0n) is 10.3. The van der Waals surface area contributed by atoms with Crippen molar-refractivity contribution in [2.24, 2.45) is 0 Å². The van der Waals surface area contributed by atoms with Crippen molar-refractivity contribution in [1.29, 1.82) is 0 Å². The number of epoxide rings is 1. The summed E-state index contributed by atoms with van der Waals surface area (Å²) in [7, 11) is 0. The monoisotopic (exact) mass is 220 g/mol. The highest BCUT2D eigenvalue weighted by Gasteiger charge is 2.26. The van der Waals surface area contributed by atoms with Gasteiger partial charge in [-0.3, -0.25) is 0 Å². The molecule has 1 aromatic rings. The van der Waals surface area contributed by atoms with Crippen LogP contribution in [0, 0.1) is 0 Å². The third-order valence-electron chi connectivity index (χ3n) is 3.33. The number of para-hydroxylation sites is 1. The average molecular weight is 220 g/mol. The van der Waals surface area contributed by atoms with Crippen LogP contribution >= 0.6 is 0 Å². The number of rotatable bonds is 5. The Kier molecular flexibility index (Phi) is 3.20. The smallest absolute Gasteiger partial charge is 0.123 e. The Bertz CT molecular complexity index is 354. The molecule has 1 saturated heterocycles. The Balaban J connectivity index is 2.15. The van der Waals surface area contributed by atoms with Gasteiger partial charge >= 0.3 is 0 Å². The minimum Gasteiger partial charge on any atom is -0.490 e. The summed E-state index contributed by atoms with van der Waals surface area (Å²) in [5.74, 6) is 1.00. The highest BCUT2D eigenvalue weighted by Crippen LogP contribution is 2.34. The van der Waals surface area contributed by atoms with Crippen molar-refractivity contribution in [2.45, 2.75) is 38.7 Å². The van der Waals surface area contributed by atoms with Crippen LogP contribution in [-0.4, -0.2) is 19.3 Å². The lowest BCUT2D eigenvalue weighted by Gasteiger charge is -2.25. The van der Waals surface area contributed by atoms with Gasteiger partial charge in [0, 0.05) is 0 Å². The summed E-state index contributed by atoms with van der Waals surface area (Å²) < 4.78 is 11.0. The van der Waals surface area contributed by atoms with Gasteiger partial charge in [-0.1, -0.05) is 39.0 Å². The van der Waals surface area contributed by atoms with Crippen LogP contribution in [0.3, 0.4) is 0 Å². The van der Waals surface area contributed by atoms with E-state index >= 15 is 0 Å². The lowest BCUT2D eigenvalue weighted by Crippen LogP contribution is -2.18. The van der Waals surface area contributed by atoms with Crippen molar-refractivity contribution < 1.29 is 9.47 Å². The molecule has 0 aromatic heterocycles. The molecule has 0 aliphatic carbocycles. The van der Waals surface area contributed by atoms with Crippen molar-refractivity contribution in [3.05, 3.63) is 29.8 Å². The molecule has 0 amide bonds. The molecule has 0 bridgehead atoms. The molecule has 2 nitrogen and oxygen atoms in total. The SMILES string of the molecule is CCC(C)(C)c1ccccc1OCC1CO1. The summed E-state index contributed by atoms with van der Waals surface area (Å²) in [6, 6.07) is 8.31. The highest BCUT2D eigenvalue weighted by atomic mass is 16.6. The lowest BCUT2D eigenvalue weighted by molar-refractivity contribution is 0.257. The summed E-state index contributed by atoms with van der Waals surface area (Å²) >= 11 is 0. The quantitative estimate of drug-likeness (QED) is 0.711. The second-order valence-corrected chi connectivity index (χ2v) is 5.00. The van der Waals surface area contributed by atoms with E-state index in [1.54, 1.807) is 0 Å². The van der Waals surface area contributed by atoms with Gasteiger partial charge in [0.15, 0.2) is 0 Å². The molecule has 2 rings (SSSR count). The van der Waals surface area contributed by atoms with Gasteiger partial charge in [-0.05, 0) is 23.5 Å². The van der Waals surface area contributed by atoms with Gasteiger partial charge < -0.3 is 9.47 Å². The van der Waals surface area contributed by atoms with Crippen LogP contribution in [0.5, 0.6) is 5.75 Å². The molecule has 1 heterocycles. The van der Waals surface area contributed by atoms with E-state index in [4.69, 9.17) is 9.47 Å². The Morgan fingerprint density at radius 3 is 2.69 bits per heavy atom. The molecule has 0 saturated carbocycles. The van der Waals surface area contributed by atoms with Crippen LogP contribution < -0.4 is 4.74 Å². The minimum atomic E-state index is 0.168. The van der Waals surface area contributed by atoms with Crippen LogP contribution in [0.1, 0.15) is 32.8 Å². The number of hydrogen-bond acceptors (Lipinski definition) is 2. The molecule has 1 fully saturated rings. The van der Waals surface area contributed by atoms with Crippen molar-refractivity contribution in [1.82, 2.24) is 0 Å². The summed E-state index contributed by atoms with van der Waals surface area (Å²) in [4.78, 5) is 0. The molecule has 1 atom stereocenters.